The summed E-state index contributed by atoms with van der Waals surface area (Å²) in [5.74, 6) is -0.774. The summed E-state index contributed by atoms with van der Waals surface area (Å²) in [7, 11) is 6.94. The number of para-hydroxylation sites is 1. The summed E-state index contributed by atoms with van der Waals surface area (Å²) in [5.41, 5.74) is 3.03. The molecule has 2 N–H and O–H groups in total. The number of aryl methyl sites for hydroxylation is 1. The molecule has 0 unspecified atom stereocenters. The number of hydrogen-bond donors (Lipinski definition) is 2. The standard InChI is InChI=1S/C33H33N5O6/c1-37(19-23-18-34-20-38(23)2)14-13-21-9-11-22(12-10-21)35-32(40)25-15-29(42-3)30(43-4)16-26(25)36-33(41)31-17-27(39)24-7-5-6-8-28(24)44-31/h5-12,15-18,20H,13-14,19H2,1-4H3,(H,35,40)(H,36,41). The number of carbonyl (C=O) groups excluding carboxylic acids is 2. The van der Waals surface area contributed by atoms with Gasteiger partial charge in [-0.25, -0.2) is 4.98 Å². The van der Waals surface area contributed by atoms with E-state index in [0.29, 0.717) is 22.6 Å². The van der Waals surface area contributed by atoms with Crippen molar-refractivity contribution in [3.63, 3.8) is 0 Å². The fourth-order valence-electron chi connectivity index (χ4n) is 4.74. The van der Waals surface area contributed by atoms with Crippen LogP contribution < -0.4 is 25.5 Å². The molecular weight excluding hydrogens is 562 g/mol. The number of rotatable bonds is 11. The Hall–Kier alpha value is -5.42. The lowest BCUT2D eigenvalue weighted by molar-refractivity contribution is 0.0997. The lowest BCUT2D eigenvalue weighted by Crippen LogP contribution is -2.22. The minimum absolute atomic E-state index is 0.125. The highest BCUT2D eigenvalue weighted by Gasteiger charge is 2.21. The van der Waals surface area contributed by atoms with Crippen LogP contribution in [0.25, 0.3) is 11.0 Å². The van der Waals surface area contributed by atoms with Gasteiger partial charge in [-0.3, -0.25) is 14.4 Å². The molecule has 3 aromatic carbocycles. The molecule has 0 saturated heterocycles. The molecule has 5 rings (SSSR count). The lowest BCUT2D eigenvalue weighted by atomic mass is 10.1. The topological polar surface area (TPSA) is 128 Å². The van der Waals surface area contributed by atoms with E-state index in [1.165, 1.54) is 26.4 Å². The van der Waals surface area contributed by atoms with Crippen molar-refractivity contribution in [2.45, 2.75) is 13.0 Å². The molecule has 0 fully saturated rings. The minimum atomic E-state index is -0.702. The molecule has 0 spiro atoms. The summed E-state index contributed by atoms with van der Waals surface area (Å²) in [6.45, 7) is 1.64. The zero-order valence-electron chi connectivity index (χ0n) is 24.9. The van der Waals surface area contributed by atoms with Crippen molar-refractivity contribution < 1.29 is 23.5 Å². The van der Waals surface area contributed by atoms with Crippen molar-refractivity contribution in [1.29, 1.82) is 0 Å². The molecule has 0 atom stereocenters. The van der Waals surface area contributed by atoms with Crippen LogP contribution in [0.1, 0.15) is 32.2 Å². The minimum Gasteiger partial charge on any atom is -0.493 e. The number of imidazole rings is 1. The fourth-order valence-corrected chi connectivity index (χ4v) is 4.74. The summed E-state index contributed by atoms with van der Waals surface area (Å²) in [6.07, 6.45) is 4.49. The van der Waals surface area contributed by atoms with E-state index < -0.39 is 11.8 Å². The van der Waals surface area contributed by atoms with Crippen LogP contribution in [0.3, 0.4) is 0 Å². The van der Waals surface area contributed by atoms with Gasteiger partial charge in [-0.15, -0.1) is 0 Å². The number of nitrogens with one attached hydrogen (secondary N) is 2. The monoisotopic (exact) mass is 595 g/mol. The molecule has 11 nitrogen and oxygen atoms in total. The Balaban J connectivity index is 1.31. The SMILES string of the molecule is COc1cc(NC(=O)c2cc(=O)c3ccccc3o2)c(C(=O)Nc2ccc(CCN(C)Cc3cncn3C)cc2)cc1OC. The molecule has 0 aliphatic heterocycles. The summed E-state index contributed by atoms with van der Waals surface area (Å²) in [6, 6.07) is 18.3. The molecule has 11 heteroatoms. The van der Waals surface area contributed by atoms with Gasteiger partial charge in [-0.2, -0.15) is 0 Å². The van der Waals surface area contributed by atoms with Crippen molar-refractivity contribution in [3.8, 4) is 11.5 Å². The Kier molecular flexibility index (Phi) is 9.06. The predicted molar refractivity (Wildman–Crippen MR) is 168 cm³/mol. The third-order valence-electron chi connectivity index (χ3n) is 7.22. The normalized spacial score (nSPS) is 11.0. The van der Waals surface area contributed by atoms with Gasteiger partial charge in [0.25, 0.3) is 11.8 Å². The van der Waals surface area contributed by atoms with Crippen LogP contribution in [0.4, 0.5) is 11.4 Å². The van der Waals surface area contributed by atoms with Gasteiger partial charge >= 0.3 is 0 Å². The maximum atomic E-state index is 13.5. The van der Waals surface area contributed by atoms with Crippen molar-refractivity contribution in [2.75, 3.05) is 38.4 Å². The summed E-state index contributed by atoms with van der Waals surface area (Å²) in [4.78, 5) is 45.6. The van der Waals surface area contributed by atoms with Gasteiger partial charge in [0, 0.05) is 44.2 Å². The van der Waals surface area contributed by atoms with E-state index in [2.05, 4.69) is 27.6 Å². The third-order valence-corrected chi connectivity index (χ3v) is 7.22. The molecule has 0 radical (unpaired) electrons. The number of aromatic nitrogens is 2. The van der Waals surface area contributed by atoms with Crippen molar-refractivity contribution in [1.82, 2.24) is 14.5 Å². The first kappa shape index (κ1) is 30.1. The third kappa shape index (κ3) is 6.79. The Morgan fingerprint density at radius 1 is 0.955 bits per heavy atom. The largest absolute Gasteiger partial charge is 0.493 e. The number of amides is 2. The van der Waals surface area contributed by atoms with Crippen LogP contribution in [0.2, 0.25) is 0 Å². The first-order valence-electron chi connectivity index (χ1n) is 13.9. The number of fused-ring (bicyclic) bond motifs is 1. The number of hydrogen-bond acceptors (Lipinski definition) is 8. The number of methoxy groups -OCH3 is 2. The van der Waals surface area contributed by atoms with Crippen LogP contribution >= 0.6 is 0 Å². The van der Waals surface area contributed by atoms with Crippen molar-refractivity contribution >= 4 is 34.2 Å². The second-order valence-corrected chi connectivity index (χ2v) is 10.3. The highest BCUT2D eigenvalue weighted by atomic mass is 16.5. The van der Waals surface area contributed by atoms with Crippen LogP contribution in [-0.4, -0.2) is 54.1 Å². The summed E-state index contributed by atoms with van der Waals surface area (Å²) >= 11 is 0. The van der Waals surface area contributed by atoms with Crippen LogP contribution in [-0.2, 0) is 20.0 Å². The molecule has 0 aliphatic rings. The van der Waals surface area contributed by atoms with Crippen LogP contribution in [0, 0.1) is 0 Å². The van der Waals surface area contributed by atoms with E-state index >= 15 is 0 Å². The number of benzene rings is 3. The molecule has 2 aromatic heterocycles. The van der Waals surface area contributed by atoms with Gasteiger partial charge < -0.3 is 34.0 Å². The maximum Gasteiger partial charge on any atom is 0.291 e. The molecule has 0 bridgehead atoms. The van der Waals surface area contributed by atoms with Gasteiger partial charge in [-0.1, -0.05) is 24.3 Å². The number of likely N-dealkylation sites (N-methyl/N-ethyl adjacent to an activating group) is 1. The zero-order valence-corrected chi connectivity index (χ0v) is 24.9. The van der Waals surface area contributed by atoms with E-state index in [1.54, 1.807) is 30.6 Å². The number of anilines is 2. The quantitative estimate of drug-likeness (QED) is 0.225. The van der Waals surface area contributed by atoms with Crippen molar-refractivity contribution in [3.05, 3.63) is 112 Å². The Bertz CT molecular complexity index is 1860. The first-order valence-corrected chi connectivity index (χ1v) is 13.9. The average Bonchev–Trinajstić information content (AvgIpc) is 3.43. The Morgan fingerprint density at radius 2 is 1.68 bits per heavy atom. The number of ether oxygens (including phenoxy) is 2. The fraction of sp³-hybridized carbons (Fsp3) is 0.212. The molecule has 226 valence electrons. The molecule has 0 saturated carbocycles. The molecule has 5 aromatic rings. The van der Waals surface area contributed by atoms with E-state index in [0.717, 1.165) is 36.8 Å². The second kappa shape index (κ2) is 13.3. The molecule has 2 amide bonds. The number of nitrogens with zero attached hydrogens (tertiary/aromatic N) is 3. The smallest absolute Gasteiger partial charge is 0.291 e. The lowest BCUT2D eigenvalue weighted by Gasteiger charge is -2.17. The molecule has 0 aliphatic carbocycles. The van der Waals surface area contributed by atoms with Gasteiger partial charge in [0.05, 0.1) is 42.9 Å². The molecular formula is C33H33N5O6. The van der Waals surface area contributed by atoms with E-state index in [1.807, 2.05) is 42.1 Å². The van der Waals surface area contributed by atoms with Crippen LogP contribution in [0.5, 0.6) is 11.5 Å². The van der Waals surface area contributed by atoms with E-state index in [-0.39, 0.29) is 28.0 Å². The number of carbonyl (C=O) groups is 2. The summed E-state index contributed by atoms with van der Waals surface area (Å²) < 4.78 is 18.5. The van der Waals surface area contributed by atoms with Crippen molar-refractivity contribution in [2.24, 2.45) is 7.05 Å². The van der Waals surface area contributed by atoms with Crippen LogP contribution in [0.15, 0.2) is 88.5 Å². The Labute approximate surface area is 254 Å². The predicted octanol–water partition coefficient (Wildman–Crippen LogP) is 4.72. The van der Waals surface area contributed by atoms with Gasteiger partial charge in [0.15, 0.2) is 22.7 Å². The Morgan fingerprint density at radius 3 is 2.39 bits per heavy atom. The molecule has 44 heavy (non-hydrogen) atoms. The highest BCUT2D eigenvalue weighted by molar-refractivity contribution is 6.12. The van der Waals surface area contributed by atoms with Gasteiger partial charge in [-0.05, 0) is 49.4 Å². The highest BCUT2D eigenvalue weighted by Crippen LogP contribution is 2.34. The maximum absolute atomic E-state index is 13.5. The van der Waals surface area contributed by atoms with Gasteiger partial charge in [0.2, 0.25) is 0 Å². The zero-order chi connectivity index (χ0) is 31.2. The summed E-state index contributed by atoms with van der Waals surface area (Å²) in [5, 5.41) is 5.93. The van der Waals surface area contributed by atoms with E-state index in [9.17, 15) is 14.4 Å². The second-order valence-electron chi connectivity index (χ2n) is 10.3. The van der Waals surface area contributed by atoms with Gasteiger partial charge in [0.1, 0.15) is 5.58 Å². The first-order chi connectivity index (χ1) is 21.2. The van der Waals surface area contributed by atoms with E-state index in [4.69, 9.17) is 13.9 Å². The molecule has 2 heterocycles. The average molecular weight is 596 g/mol.